The van der Waals surface area contributed by atoms with Gasteiger partial charge in [0.1, 0.15) is 6.54 Å². The molecule has 4 heteroatoms. The quantitative estimate of drug-likeness (QED) is 0.770. The molecule has 0 aliphatic rings. The molecule has 2 aromatic carbocycles. The number of halogens is 1. The number of aromatic nitrogens is 1. The van der Waals surface area contributed by atoms with Crippen molar-refractivity contribution < 1.29 is 4.79 Å². The van der Waals surface area contributed by atoms with Crippen LogP contribution in [0.25, 0.3) is 10.9 Å². The van der Waals surface area contributed by atoms with Crippen LogP contribution in [0, 0.1) is 0 Å². The average molecular weight is 343 g/mol. The summed E-state index contributed by atoms with van der Waals surface area (Å²) in [6.45, 7) is 0.891. The summed E-state index contributed by atoms with van der Waals surface area (Å²) in [5.41, 5.74) is 2.17. The van der Waals surface area contributed by atoms with E-state index in [1.807, 2.05) is 65.4 Å². The van der Waals surface area contributed by atoms with Gasteiger partial charge in [-0.05, 0) is 29.8 Å². The van der Waals surface area contributed by atoms with Crippen LogP contribution in [0.4, 0.5) is 0 Å². The van der Waals surface area contributed by atoms with Crippen LogP contribution in [0.5, 0.6) is 0 Å². The Morgan fingerprint density at radius 3 is 2.71 bits per heavy atom. The molecule has 0 bridgehead atoms. The molecule has 3 nitrogen and oxygen atoms in total. The van der Waals surface area contributed by atoms with E-state index in [0.717, 1.165) is 20.9 Å². The van der Waals surface area contributed by atoms with Crippen LogP contribution in [0.1, 0.15) is 5.56 Å². The molecule has 0 spiro atoms. The smallest absolute Gasteiger partial charge is 0.240 e. The second-order valence-electron chi connectivity index (χ2n) is 4.91. The molecular formula is C17H15BrN2O. The molecule has 1 aromatic heterocycles. The number of rotatable bonds is 4. The predicted molar refractivity (Wildman–Crippen MR) is 87.9 cm³/mol. The summed E-state index contributed by atoms with van der Waals surface area (Å²) in [6, 6.07) is 18.0. The Hall–Kier alpha value is -2.07. The number of amides is 1. The number of carbonyl (C=O) groups is 1. The van der Waals surface area contributed by atoms with Gasteiger partial charge in [-0.15, -0.1) is 0 Å². The minimum Gasteiger partial charge on any atom is -0.350 e. The lowest BCUT2D eigenvalue weighted by molar-refractivity contribution is -0.121. The van der Waals surface area contributed by atoms with E-state index in [1.54, 1.807) is 0 Å². The van der Waals surface area contributed by atoms with E-state index in [0.29, 0.717) is 13.1 Å². The maximum atomic E-state index is 12.1. The third-order valence-corrected chi connectivity index (χ3v) is 3.87. The average Bonchev–Trinajstić information content (AvgIpc) is 2.88. The first-order chi connectivity index (χ1) is 10.2. The van der Waals surface area contributed by atoms with E-state index >= 15 is 0 Å². The number of hydrogen-bond donors (Lipinski definition) is 1. The molecule has 0 aliphatic carbocycles. The zero-order valence-electron chi connectivity index (χ0n) is 11.4. The van der Waals surface area contributed by atoms with E-state index < -0.39 is 0 Å². The van der Waals surface area contributed by atoms with Crippen LogP contribution in [0.2, 0.25) is 0 Å². The van der Waals surface area contributed by atoms with Crippen molar-refractivity contribution in [1.29, 1.82) is 0 Å². The molecule has 1 heterocycles. The molecule has 3 rings (SSSR count). The Bertz CT molecular complexity index is 765. The zero-order valence-corrected chi connectivity index (χ0v) is 13.0. The highest BCUT2D eigenvalue weighted by molar-refractivity contribution is 9.10. The van der Waals surface area contributed by atoms with Gasteiger partial charge in [-0.3, -0.25) is 4.79 Å². The highest BCUT2D eigenvalue weighted by atomic mass is 79.9. The van der Waals surface area contributed by atoms with Gasteiger partial charge in [-0.1, -0.05) is 46.3 Å². The van der Waals surface area contributed by atoms with Crippen molar-refractivity contribution in [3.05, 3.63) is 70.8 Å². The van der Waals surface area contributed by atoms with Crippen molar-refractivity contribution in [2.75, 3.05) is 0 Å². The maximum Gasteiger partial charge on any atom is 0.240 e. The lowest BCUT2D eigenvalue weighted by Gasteiger charge is -2.07. The molecule has 0 atom stereocenters. The van der Waals surface area contributed by atoms with E-state index in [1.165, 1.54) is 0 Å². The summed E-state index contributed by atoms with van der Waals surface area (Å²) < 4.78 is 3.00. The highest BCUT2D eigenvalue weighted by Crippen LogP contribution is 2.20. The first-order valence-electron chi connectivity index (χ1n) is 6.77. The molecule has 0 saturated carbocycles. The second kappa shape index (κ2) is 6.14. The second-order valence-corrected chi connectivity index (χ2v) is 5.82. The monoisotopic (exact) mass is 342 g/mol. The van der Waals surface area contributed by atoms with Gasteiger partial charge in [-0.25, -0.2) is 0 Å². The lowest BCUT2D eigenvalue weighted by Crippen LogP contribution is -2.26. The van der Waals surface area contributed by atoms with Crippen LogP contribution in [-0.4, -0.2) is 10.5 Å². The topological polar surface area (TPSA) is 34.0 Å². The van der Waals surface area contributed by atoms with Crippen LogP contribution in [0.15, 0.2) is 65.3 Å². The number of carbonyl (C=O) groups excluding carboxylic acids is 1. The van der Waals surface area contributed by atoms with E-state index in [9.17, 15) is 4.79 Å². The first kappa shape index (κ1) is 13.9. The Kier molecular flexibility index (Phi) is 4.06. The summed E-state index contributed by atoms with van der Waals surface area (Å²) in [5.74, 6) is 0.0132. The van der Waals surface area contributed by atoms with Gasteiger partial charge in [0.25, 0.3) is 0 Å². The fourth-order valence-corrected chi connectivity index (χ4v) is 2.69. The van der Waals surface area contributed by atoms with Gasteiger partial charge in [-0.2, -0.15) is 0 Å². The Morgan fingerprint density at radius 1 is 1.10 bits per heavy atom. The number of benzene rings is 2. The number of nitrogens with zero attached hydrogens (tertiary/aromatic N) is 1. The van der Waals surface area contributed by atoms with Crippen molar-refractivity contribution in [1.82, 2.24) is 9.88 Å². The third-order valence-electron chi connectivity index (χ3n) is 3.38. The van der Waals surface area contributed by atoms with Gasteiger partial charge >= 0.3 is 0 Å². The molecule has 0 fully saturated rings. The van der Waals surface area contributed by atoms with Gasteiger partial charge in [0.05, 0.1) is 0 Å². The van der Waals surface area contributed by atoms with Gasteiger partial charge in [0, 0.05) is 28.1 Å². The van der Waals surface area contributed by atoms with E-state index in [-0.39, 0.29) is 5.91 Å². The SMILES string of the molecule is O=C(Cn1ccc2cc(Br)ccc21)NCc1ccccc1. The van der Waals surface area contributed by atoms with Crippen LogP contribution >= 0.6 is 15.9 Å². The molecule has 0 unspecified atom stereocenters. The zero-order chi connectivity index (χ0) is 14.7. The number of fused-ring (bicyclic) bond motifs is 1. The van der Waals surface area contributed by atoms with Crippen molar-refractivity contribution in [2.24, 2.45) is 0 Å². The van der Waals surface area contributed by atoms with Crippen molar-refractivity contribution in [2.45, 2.75) is 13.1 Å². The largest absolute Gasteiger partial charge is 0.350 e. The molecule has 106 valence electrons. The predicted octanol–water partition coefficient (Wildman–Crippen LogP) is 3.72. The van der Waals surface area contributed by atoms with Crippen LogP contribution in [-0.2, 0) is 17.9 Å². The molecule has 3 aromatic rings. The Balaban J connectivity index is 1.66. The minimum atomic E-state index is 0.0132. The van der Waals surface area contributed by atoms with Gasteiger partial charge in [0.15, 0.2) is 0 Å². The van der Waals surface area contributed by atoms with Gasteiger partial charge < -0.3 is 9.88 Å². The lowest BCUT2D eigenvalue weighted by atomic mass is 10.2. The van der Waals surface area contributed by atoms with E-state index in [2.05, 4.69) is 21.2 Å². The normalized spacial score (nSPS) is 10.7. The van der Waals surface area contributed by atoms with E-state index in [4.69, 9.17) is 0 Å². The minimum absolute atomic E-state index is 0.0132. The van der Waals surface area contributed by atoms with Crippen molar-refractivity contribution in [3.63, 3.8) is 0 Å². The molecule has 1 N–H and O–H groups in total. The fraction of sp³-hybridized carbons (Fsp3) is 0.118. The fourth-order valence-electron chi connectivity index (χ4n) is 2.32. The maximum absolute atomic E-state index is 12.1. The first-order valence-corrected chi connectivity index (χ1v) is 7.57. The molecule has 0 aliphatic heterocycles. The summed E-state index contributed by atoms with van der Waals surface area (Å²) in [7, 11) is 0. The van der Waals surface area contributed by atoms with Crippen molar-refractivity contribution >= 4 is 32.7 Å². The van der Waals surface area contributed by atoms with Gasteiger partial charge in [0.2, 0.25) is 5.91 Å². The molecule has 21 heavy (non-hydrogen) atoms. The van der Waals surface area contributed by atoms with Crippen LogP contribution in [0.3, 0.4) is 0 Å². The Morgan fingerprint density at radius 2 is 1.90 bits per heavy atom. The highest BCUT2D eigenvalue weighted by Gasteiger charge is 2.06. The standard InChI is InChI=1S/C17H15BrN2O/c18-15-6-7-16-14(10-15)8-9-20(16)12-17(21)19-11-13-4-2-1-3-5-13/h1-10H,11-12H2,(H,19,21). The molecule has 1 amide bonds. The summed E-state index contributed by atoms with van der Waals surface area (Å²) in [4.78, 5) is 12.1. The molecule has 0 radical (unpaired) electrons. The van der Waals surface area contributed by atoms with Crippen molar-refractivity contribution in [3.8, 4) is 0 Å². The summed E-state index contributed by atoms with van der Waals surface area (Å²) in [5, 5.41) is 4.07. The van der Waals surface area contributed by atoms with Crippen LogP contribution < -0.4 is 5.32 Å². The molecule has 0 saturated heterocycles. The molecular weight excluding hydrogens is 328 g/mol. The summed E-state index contributed by atoms with van der Waals surface area (Å²) in [6.07, 6.45) is 1.94. The number of nitrogens with one attached hydrogen (secondary N) is 1. The Labute approximate surface area is 131 Å². The third kappa shape index (κ3) is 3.34. The summed E-state index contributed by atoms with van der Waals surface area (Å²) >= 11 is 3.45. The number of hydrogen-bond acceptors (Lipinski definition) is 1.